The molecule has 1 fully saturated rings. The van der Waals surface area contributed by atoms with Gasteiger partial charge in [0, 0.05) is 6.04 Å². The SMILES string of the molecule is CCCNC1CC(Oc2ccccc2Br)C1. The number of halogens is 1. The number of benzene rings is 1. The molecule has 1 aromatic carbocycles. The average molecular weight is 284 g/mol. The fourth-order valence-corrected chi connectivity index (χ4v) is 2.28. The van der Waals surface area contributed by atoms with Gasteiger partial charge in [-0.25, -0.2) is 0 Å². The Morgan fingerprint density at radius 1 is 1.38 bits per heavy atom. The molecule has 0 heterocycles. The summed E-state index contributed by atoms with van der Waals surface area (Å²) in [5.41, 5.74) is 0. The number of nitrogens with one attached hydrogen (secondary N) is 1. The summed E-state index contributed by atoms with van der Waals surface area (Å²) >= 11 is 3.49. The van der Waals surface area contributed by atoms with E-state index in [4.69, 9.17) is 4.74 Å². The van der Waals surface area contributed by atoms with Gasteiger partial charge in [-0.2, -0.15) is 0 Å². The highest BCUT2D eigenvalue weighted by Gasteiger charge is 2.30. The van der Waals surface area contributed by atoms with E-state index in [1.165, 1.54) is 6.42 Å². The lowest BCUT2D eigenvalue weighted by Gasteiger charge is -2.36. The van der Waals surface area contributed by atoms with Crippen molar-refractivity contribution in [3.8, 4) is 5.75 Å². The molecule has 1 aromatic rings. The largest absolute Gasteiger partial charge is 0.489 e. The third kappa shape index (κ3) is 2.98. The van der Waals surface area contributed by atoms with Gasteiger partial charge < -0.3 is 10.1 Å². The molecule has 1 aliphatic carbocycles. The van der Waals surface area contributed by atoms with E-state index in [1.54, 1.807) is 0 Å². The fraction of sp³-hybridized carbons (Fsp3) is 0.538. The second-order valence-electron chi connectivity index (χ2n) is 4.29. The first kappa shape index (κ1) is 11.9. The van der Waals surface area contributed by atoms with Crippen LogP contribution in [0.5, 0.6) is 5.75 Å². The van der Waals surface area contributed by atoms with Gasteiger partial charge >= 0.3 is 0 Å². The Hall–Kier alpha value is -0.540. The second kappa shape index (κ2) is 5.69. The van der Waals surface area contributed by atoms with Gasteiger partial charge in [-0.3, -0.25) is 0 Å². The summed E-state index contributed by atoms with van der Waals surface area (Å²) in [7, 11) is 0. The molecule has 0 saturated heterocycles. The summed E-state index contributed by atoms with van der Waals surface area (Å²) in [5.74, 6) is 0.960. The van der Waals surface area contributed by atoms with Gasteiger partial charge in [0.05, 0.1) is 4.47 Å². The van der Waals surface area contributed by atoms with Crippen LogP contribution >= 0.6 is 15.9 Å². The Kier molecular flexibility index (Phi) is 4.24. The molecule has 0 bridgehead atoms. The third-order valence-electron chi connectivity index (χ3n) is 2.91. The summed E-state index contributed by atoms with van der Waals surface area (Å²) in [5, 5.41) is 3.51. The van der Waals surface area contributed by atoms with E-state index >= 15 is 0 Å². The van der Waals surface area contributed by atoms with Gasteiger partial charge in [0.25, 0.3) is 0 Å². The van der Waals surface area contributed by atoms with Gasteiger partial charge in [0.1, 0.15) is 11.9 Å². The Morgan fingerprint density at radius 2 is 2.12 bits per heavy atom. The topological polar surface area (TPSA) is 21.3 Å². The zero-order valence-corrected chi connectivity index (χ0v) is 11.2. The highest BCUT2D eigenvalue weighted by Crippen LogP contribution is 2.30. The van der Waals surface area contributed by atoms with E-state index < -0.39 is 0 Å². The van der Waals surface area contributed by atoms with Gasteiger partial charge in [0.15, 0.2) is 0 Å². The Balaban J connectivity index is 1.75. The lowest BCUT2D eigenvalue weighted by Crippen LogP contribution is -2.47. The standard InChI is InChI=1S/C13H18BrNO/c1-2-7-15-10-8-11(9-10)16-13-6-4-3-5-12(13)14/h3-6,10-11,15H,2,7-9H2,1H3. The predicted octanol–water partition coefficient (Wildman–Crippen LogP) is 3.36. The first-order valence-corrected chi connectivity index (χ1v) is 6.73. The van der Waals surface area contributed by atoms with E-state index in [-0.39, 0.29) is 0 Å². The molecule has 3 heteroatoms. The number of ether oxygens (including phenoxy) is 1. The van der Waals surface area contributed by atoms with Crippen LogP contribution in [0.2, 0.25) is 0 Å². The lowest BCUT2D eigenvalue weighted by molar-refractivity contribution is 0.0845. The smallest absolute Gasteiger partial charge is 0.133 e. The molecule has 88 valence electrons. The summed E-state index contributed by atoms with van der Waals surface area (Å²) in [6.45, 7) is 3.31. The van der Waals surface area contributed by atoms with Crippen LogP contribution in [0.3, 0.4) is 0 Å². The zero-order valence-electron chi connectivity index (χ0n) is 9.58. The molecule has 1 N–H and O–H groups in total. The Bertz CT molecular complexity index is 336. The number of hydrogen-bond donors (Lipinski definition) is 1. The average Bonchev–Trinajstić information content (AvgIpc) is 2.24. The van der Waals surface area contributed by atoms with Crippen LogP contribution in [-0.2, 0) is 0 Å². The minimum absolute atomic E-state index is 0.382. The summed E-state index contributed by atoms with van der Waals surface area (Å²) in [6, 6.07) is 8.69. The molecule has 2 nitrogen and oxygen atoms in total. The van der Waals surface area contributed by atoms with Crippen LogP contribution in [0.15, 0.2) is 28.7 Å². The molecule has 0 aromatic heterocycles. The van der Waals surface area contributed by atoms with Crippen LogP contribution in [0, 0.1) is 0 Å². The van der Waals surface area contributed by atoms with E-state index in [0.29, 0.717) is 12.1 Å². The van der Waals surface area contributed by atoms with Crippen molar-refractivity contribution < 1.29 is 4.74 Å². The highest BCUT2D eigenvalue weighted by molar-refractivity contribution is 9.10. The minimum Gasteiger partial charge on any atom is -0.489 e. The molecule has 0 amide bonds. The van der Waals surface area contributed by atoms with Crippen molar-refractivity contribution in [2.24, 2.45) is 0 Å². The molecule has 2 rings (SSSR count). The molecule has 0 unspecified atom stereocenters. The van der Waals surface area contributed by atoms with Crippen LogP contribution in [0.4, 0.5) is 0 Å². The number of hydrogen-bond acceptors (Lipinski definition) is 2. The quantitative estimate of drug-likeness (QED) is 0.895. The van der Waals surface area contributed by atoms with E-state index in [0.717, 1.165) is 29.6 Å². The maximum Gasteiger partial charge on any atom is 0.133 e. The number of para-hydroxylation sites is 1. The van der Waals surface area contributed by atoms with Crippen molar-refractivity contribution in [3.63, 3.8) is 0 Å². The van der Waals surface area contributed by atoms with Crippen molar-refractivity contribution in [2.45, 2.75) is 38.3 Å². The molecule has 0 aliphatic heterocycles. The monoisotopic (exact) mass is 283 g/mol. The predicted molar refractivity (Wildman–Crippen MR) is 69.9 cm³/mol. The molecule has 0 radical (unpaired) electrons. The van der Waals surface area contributed by atoms with Gasteiger partial charge in [0.2, 0.25) is 0 Å². The normalized spacial score (nSPS) is 23.9. The molecule has 1 saturated carbocycles. The summed E-state index contributed by atoms with van der Waals surface area (Å²) in [4.78, 5) is 0. The van der Waals surface area contributed by atoms with E-state index in [1.807, 2.05) is 24.3 Å². The zero-order chi connectivity index (χ0) is 11.4. The van der Waals surface area contributed by atoms with Crippen molar-refractivity contribution >= 4 is 15.9 Å². The molecule has 16 heavy (non-hydrogen) atoms. The van der Waals surface area contributed by atoms with Crippen LogP contribution < -0.4 is 10.1 Å². The van der Waals surface area contributed by atoms with E-state index in [2.05, 4.69) is 28.2 Å². The summed E-state index contributed by atoms with van der Waals surface area (Å²) in [6.07, 6.45) is 3.84. The molecular formula is C13H18BrNO. The maximum atomic E-state index is 5.90. The Labute approximate surface area is 106 Å². The third-order valence-corrected chi connectivity index (χ3v) is 3.56. The number of rotatable bonds is 5. The van der Waals surface area contributed by atoms with Crippen LogP contribution in [-0.4, -0.2) is 18.7 Å². The van der Waals surface area contributed by atoms with Crippen molar-refractivity contribution in [1.82, 2.24) is 5.32 Å². The first-order chi connectivity index (χ1) is 7.79. The lowest BCUT2D eigenvalue weighted by atomic mass is 9.89. The van der Waals surface area contributed by atoms with Crippen LogP contribution in [0.1, 0.15) is 26.2 Å². The van der Waals surface area contributed by atoms with E-state index in [9.17, 15) is 0 Å². The van der Waals surface area contributed by atoms with Gasteiger partial charge in [-0.15, -0.1) is 0 Å². The van der Waals surface area contributed by atoms with Crippen molar-refractivity contribution in [3.05, 3.63) is 28.7 Å². The maximum absolute atomic E-state index is 5.90. The minimum atomic E-state index is 0.382. The molecule has 1 aliphatic rings. The second-order valence-corrected chi connectivity index (χ2v) is 5.15. The van der Waals surface area contributed by atoms with Crippen molar-refractivity contribution in [2.75, 3.05) is 6.54 Å². The van der Waals surface area contributed by atoms with Crippen LogP contribution in [0.25, 0.3) is 0 Å². The molecule has 0 atom stereocenters. The van der Waals surface area contributed by atoms with Gasteiger partial charge in [-0.05, 0) is 53.9 Å². The van der Waals surface area contributed by atoms with Gasteiger partial charge in [-0.1, -0.05) is 19.1 Å². The summed E-state index contributed by atoms with van der Waals surface area (Å²) < 4.78 is 6.95. The Morgan fingerprint density at radius 3 is 2.81 bits per heavy atom. The fourth-order valence-electron chi connectivity index (χ4n) is 1.90. The molecule has 0 spiro atoms. The first-order valence-electron chi connectivity index (χ1n) is 5.94. The molecular weight excluding hydrogens is 266 g/mol. The van der Waals surface area contributed by atoms with Crippen molar-refractivity contribution in [1.29, 1.82) is 0 Å². The highest BCUT2D eigenvalue weighted by atomic mass is 79.9.